The minimum atomic E-state index is -0.814. The largest absolute Gasteiger partial charge is 0.481 e. The van der Waals surface area contributed by atoms with Gasteiger partial charge in [0.25, 0.3) is 0 Å². The third-order valence-corrected chi connectivity index (χ3v) is 12.8. The Labute approximate surface area is 405 Å². The van der Waals surface area contributed by atoms with Crippen LogP contribution in [0.3, 0.4) is 0 Å². The molecule has 8 heterocycles. The Morgan fingerprint density at radius 1 is 0.609 bits per heavy atom. The highest BCUT2D eigenvalue weighted by Crippen LogP contribution is 2.24. The van der Waals surface area contributed by atoms with Gasteiger partial charge in [-0.05, 0) is 152 Å². The molecular formula is C52H68N14O3. The molecule has 6 aromatic heterocycles. The molecule has 0 aliphatic carbocycles. The number of hydrogen-bond acceptors (Lipinski definition) is 11. The van der Waals surface area contributed by atoms with Crippen molar-refractivity contribution in [3.63, 3.8) is 0 Å². The Morgan fingerprint density at radius 2 is 1.10 bits per heavy atom. The van der Waals surface area contributed by atoms with Gasteiger partial charge in [-0.1, -0.05) is 75.5 Å². The van der Waals surface area contributed by atoms with E-state index in [9.17, 15) is 9.59 Å². The molecule has 2 aromatic carbocycles. The van der Waals surface area contributed by atoms with Crippen LogP contribution in [-0.2, 0) is 35.3 Å². The Bertz CT molecular complexity index is 2950. The van der Waals surface area contributed by atoms with E-state index in [0.717, 1.165) is 71.6 Å². The van der Waals surface area contributed by atoms with Crippen LogP contribution >= 0.6 is 0 Å². The topological polar surface area (TPSA) is 191 Å². The van der Waals surface area contributed by atoms with Crippen LogP contribution in [0.5, 0.6) is 0 Å². The fourth-order valence-electron chi connectivity index (χ4n) is 9.15. The number of benzene rings is 2. The number of rotatable bonds is 12. The molecular weight excluding hydrogens is 869 g/mol. The van der Waals surface area contributed by atoms with Gasteiger partial charge >= 0.3 is 5.97 Å². The number of carbonyl (C=O) groups excluding carboxylic acids is 1. The number of nitrogens with one attached hydrogen (secondary N) is 1. The molecule has 8 aromatic rings. The molecule has 1 amide bonds. The summed E-state index contributed by atoms with van der Waals surface area (Å²) in [5.74, 6) is 3.63. The SMILES string of the molecule is C.C.Cc1nn(-c2ccc3nnc(C)n3n2)c(C)c1CCC(=O)N1CCC(Cc2ccccc2)C1.Cc1nn(-c2ccc3nnc(C)n3n2)c(C)c1CCC(=O)O.c1ccc(CC2CCNC2)cc1. The molecule has 2 atom stereocenters. The van der Waals surface area contributed by atoms with Crippen molar-refractivity contribution in [1.82, 2.24) is 69.4 Å². The van der Waals surface area contributed by atoms with Crippen LogP contribution in [0, 0.1) is 53.4 Å². The maximum atomic E-state index is 12.9. The predicted octanol–water partition coefficient (Wildman–Crippen LogP) is 7.62. The lowest BCUT2D eigenvalue weighted by molar-refractivity contribution is -0.137. The van der Waals surface area contributed by atoms with Crippen LogP contribution in [0.15, 0.2) is 84.9 Å². The Morgan fingerprint density at radius 3 is 1.58 bits per heavy atom. The molecule has 2 fully saturated rings. The normalized spacial score (nSPS) is 15.2. The summed E-state index contributed by atoms with van der Waals surface area (Å²) in [6.45, 7) is 15.7. The van der Waals surface area contributed by atoms with Crippen molar-refractivity contribution in [2.45, 2.75) is 108 Å². The first-order valence-electron chi connectivity index (χ1n) is 23.2. The summed E-state index contributed by atoms with van der Waals surface area (Å²) in [5, 5.41) is 46.7. The van der Waals surface area contributed by atoms with Gasteiger partial charge in [0.2, 0.25) is 5.91 Å². The van der Waals surface area contributed by atoms with Crippen molar-refractivity contribution >= 4 is 23.2 Å². The van der Waals surface area contributed by atoms with Gasteiger partial charge < -0.3 is 15.3 Å². The van der Waals surface area contributed by atoms with Crippen LogP contribution in [-0.4, -0.2) is 107 Å². The minimum Gasteiger partial charge on any atom is -0.481 e. The summed E-state index contributed by atoms with van der Waals surface area (Å²) >= 11 is 0. The maximum Gasteiger partial charge on any atom is 0.303 e. The van der Waals surface area contributed by atoms with Gasteiger partial charge in [0.15, 0.2) is 34.6 Å². The molecule has 2 N–H and O–H groups in total. The second-order valence-corrected chi connectivity index (χ2v) is 17.7. The van der Waals surface area contributed by atoms with Crippen molar-refractivity contribution in [3.8, 4) is 11.6 Å². The van der Waals surface area contributed by atoms with Gasteiger partial charge in [-0.15, -0.1) is 30.6 Å². The van der Waals surface area contributed by atoms with Crippen LogP contribution in [0.2, 0.25) is 0 Å². The molecule has 0 saturated carbocycles. The van der Waals surface area contributed by atoms with E-state index < -0.39 is 5.97 Å². The minimum absolute atomic E-state index is 0. The third kappa shape index (κ3) is 12.3. The fraction of sp³-hybridized carbons (Fsp3) is 0.423. The van der Waals surface area contributed by atoms with E-state index in [2.05, 4.69) is 95.6 Å². The summed E-state index contributed by atoms with van der Waals surface area (Å²) in [7, 11) is 0. The number of fused-ring (bicyclic) bond motifs is 2. The monoisotopic (exact) mass is 937 g/mol. The van der Waals surface area contributed by atoms with Crippen molar-refractivity contribution in [2.24, 2.45) is 11.8 Å². The molecule has 0 radical (unpaired) electrons. The summed E-state index contributed by atoms with van der Waals surface area (Å²) in [5.41, 5.74) is 9.95. The zero-order valence-corrected chi connectivity index (χ0v) is 39.3. The Kier molecular flexibility index (Phi) is 17.3. The Hall–Kier alpha value is -7.14. The fourth-order valence-corrected chi connectivity index (χ4v) is 9.15. The van der Waals surface area contributed by atoms with Gasteiger partial charge in [0, 0.05) is 37.3 Å². The van der Waals surface area contributed by atoms with E-state index in [-0.39, 0.29) is 27.2 Å². The van der Waals surface area contributed by atoms with E-state index in [0.29, 0.717) is 53.9 Å². The standard InChI is InChI=1S/C25H29N7O.C14H16N6O2.C11H15N.2CH4/c1-17-22(18(2)31(28-17)24-11-10-23-27-26-19(3)32(23)29-24)9-12-25(33)30-14-13-21(16-30)15-20-7-5-4-6-8-20;1-8-11(4-7-14(21)22)9(2)19(17-8)13-6-5-12-16-15-10(3)20(12)18-13;1-2-4-10(5-3-1)8-11-6-7-12-9-11;;/h4-8,10-11,21H,9,12-16H2,1-3H3;5-6H,4,7H2,1-3H3,(H,21,22);1-5,11-12H,6-9H2;2*1H4. The highest BCUT2D eigenvalue weighted by Gasteiger charge is 2.27. The van der Waals surface area contributed by atoms with Crippen molar-refractivity contribution in [3.05, 3.63) is 142 Å². The molecule has 17 nitrogen and oxygen atoms in total. The highest BCUT2D eigenvalue weighted by atomic mass is 16.4. The summed E-state index contributed by atoms with van der Waals surface area (Å²) in [6.07, 6.45) is 6.44. The number of carboxylic acids is 1. The quantitative estimate of drug-likeness (QED) is 0.122. The van der Waals surface area contributed by atoms with E-state index in [1.165, 1.54) is 37.1 Å². The van der Waals surface area contributed by atoms with E-state index in [1.54, 1.807) is 13.7 Å². The molecule has 2 unspecified atom stereocenters. The lowest BCUT2D eigenvalue weighted by Gasteiger charge is -2.17. The number of carboxylic acid groups (broad SMARTS) is 1. The van der Waals surface area contributed by atoms with E-state index in [1.807, 2.05) is 81.5 Å². The molecule has 17 heteroatoms. The number of carbonyl (C=O) groups is 2. The molecule has 2 aliphatic rings. The number of nitrogens with zero attached hydrogens (tertiary/aromatic N) is 13. The van der Waals surface area contributed by atoms with Crippen LogP contribution < -0.4 is 5.32 Å². The number of aryl methyl sites for hydroxylation is 4. The van der Waals surface area contributed by atoms with Crippen molar-refractivity contribution < 1.29 is 14.7 Å². The zero-order chi connectivity index (χ0) is 47.0. The Balaban J connectivity index is 0.000000187. The second kappa shape index (κ2) is 23.2. The lowest BCUT2D eigenvalue weighted by Crippen LogP contribution is -2.29. The molecule has 2 saturated heterocycles. The molecule has 2 aliphatic heterocycles. The third-order valence-electron chi connectivity index (χ3n) is 12.8. The van der Waals surface area contributed by atoms with Crippen LogP contribution in [0.4, 0.5) is 0 Å². The maximum absolute atomic E-state index is 12.9. The van der Waals surface area contributed by atoms with E-state index >= 15 is 0 Å². The van der Waals surface area contributed by atoms with E-state index in [4.69, 9.17) is 10.2 Å². The predicted molar refractivity (Wildman–Crippen MR) is 268 cm³/mol. The number of aliphatic carboxylic acids is 1. The van der Waals surface area contributed by atoms with Gasteiger partial charge in [-0.3, -0.25) is 9.59 Å². The molecule has 0 spiro atoms. The highest BCUT2D eigenvalue weighted by molar-refractivity contribution is 5.76. The number of aromatic nitrogens is 12. The van der Waals surface area contributed by atoms with Gasteiger partial charge in [-0.25, -0.2) is 9.36 Å². The molecule has 364 valence electrons. The smallest absolute Gasteiger partial charge is 0.303 e. The number of hydrogen-bond donors (Lipinski definition) is 2. The van der Waals surface area contributed by atoms with Crippen LogP contribution in [0.25, 0.3) is 22.9 Å². The first-order chi connectivity index (χ1) is 32.4. The average Bonchev–Trinajstić information content (AvgIpc) is 4.22. The summed E-state index contributed by atoms with van der Waals surface area (Å²) in [4.78, 5) is 25.7. The molecule has 10 rings (SSSR count). The second-order valence-electron chi connectivity index (χ2n) is 17.7. The number of amides is 1. The molecule has 0 bridgehead atoms. The van der Waals surface area contributed by atoms with Crippen LogP contribution in [0.1, 0.15) is 97.2 Å². The molecule has 69 heavy (non-hydrogen) atoms. The number of likely N-dealkylation sites (tertiary alicyclic amines) is 1. The average molecular weight is 937 g/mol. The zero-order valence-electron chi connectivity index (χ0n) is 39.3. The van der Waals surface area contributed by atoms with Crippen molar-refractivity contribution in [2.75, 3.05) is 26.2 Å². The first-order valence-corrected chi connectivity index (χ1v) is 23.2. The summed E-state index contributed by atoms with van der Waals surface area (Å²) < 4.78 is 6.95. The lowest BCUT2D eigenvalue weighted by atomic mass is 9.99. The van der Waals surface area contributed by atoms with Gasteiger partial charge in [0.1, 0.15) is 0 Å². The van der Waals surface area contributed by atoms with Crippen molar-refractivity contribution in [1.29, 1.82) is 0 Å². The summed E-state index contributed by atoms with van der Waals surface area (Å²) in [6, 6.07) is 28.8. The first kappa shape index (κ1) is 51.3. The van der Waals surface area contributed by atoms with Gasteiger partial charge in [-0.2, -0.15) is 19.2 Å². The van der Waals surface area contributed by atoms with Gasteiger partial charge in [0.05, 0.1) is 11.4 Å².